The first-order valence-corrected chi connectivity index (χ1v) is 11.5. The summed E-state index contributed by atoms with van der Waals surface area (Å²) in [5, 5.41) is 6.10. The van der Waals surface area contributed by atoms with Crippen LogP contribution in [0, 0.1) is 5.41 Å². The molecule has 3 amide bonds. The molecule has 2 rings (SSSR count). The first-order chi connectivity index (χ1) is 14.7. The van der Waals surface area contributed by atoms with E-state index in [-0.39, 0.29) is 29.0 Å². The van der Waals surface area contributed by atoms with Gasteiger partial charge in [-0.3, -0.25) is 4.79 Å². The van der Waals surface area contributed by atoms with Crippen molar-refractivity contribution in [3.8, 4) is 0 Å². The predicted octanol–water partition coefficient (Wildman–Crippen LogP) is 4.62. The van der Waals surface area contributed by atoms with Crippen molar-refractivity contribution in [1.82, 2.24) is 10.2 Å². The predicted molar refractivity (Wildman–Crippen MR) is 131 cm³/mol. The normalized spacial score (nSPS) is 16.6. The molecule has 180 valence electrons. The minimum atomic E-state index is -0.334. The Morgan fingerprint density at radius 2 is 1.81 bits per heavy atom. The van der Waals surface area contributed by atoms with Gasteiger partial charge >= 0.3 is 6.03 Å². The highest BCUT2D eigenvalue weighted by atomic mass is 16.5. The number of amides is 3. The van der Waals surface area contributed by atoms with E-state index in [2.05, 4.69) is 10.6 Å². The largest absolute Gasteiger partial charge is 0.377 e. The number of urea groups is 1. The maximum Gasteiger partial charge on any atom is 0.318 e. The Kier molecular flexibility index (Phi) is 8.57. The Labute approximate surface area is 193 Å². The van der Waals surface area contributed by atoms with Gasteiger partial charge in [-0.25, -0.2) is 4.79 Å². The van der Waals surface area contributed by atoms with E-state index in [1.807, 2.05) is 83.6 Å². The molecule has 0 unspecified atom stereocenters. The molecule has 0 aliphatic carbocycles. The molecule has 1 atom stereocenters. The number of hydrogen-bond acceptors (Lipinski definition) is 4. The quantitative estimate of drug-likeness (QED) is 0.641. The van der Waals surface area contributed by atoms with Crippen LogP contribution in [0.15, 0.2) is 18.2 Å². The number of nitrogens with zero attached hydrogens (tertiary/aromatic N) is 2. The van der Waals surface area contributed by atoms with Crippen molar-refractivity contribution in [2.24, 2.45) is 5.41 Å². The van der Waals surface area contributed by atoms with Crippen molar-refractivity contribution in [3.63, 3.8) is 0 Å². The Morgan fingerprint density at radius 3 is 2.34 bits per heavy atom. The van der Waals surface area contributed by atoms with Crippen LogP contribution >= 0.6 is 0 Å². The van der Waals surface area contributed by atoms with E-state index in [1.165, 1.54) is 0 Å². The number of carbonyl (C=O) groups excluding carboxylic acids is 2. The van der Waals surface area contributed by atoms with Crippen LogP contribution in [-0.4, -0.2) is 55.7 Å². The smallest absolute Gasteiger partial charge is 0.318 e. The average Bonchev–Trinajstić information content (AvgIpc) is 3.11. The highest BCUT2D eigenvalue weighted by molar-refractivity contribution is 5.91. The molecule has 0 bridgehead atoms. The van der Waals surface area contributed by atoms with Crippen LogP contribution in [0.2, 0.25) is 0 Å². The van der Waals surface area contributed by atoms with Crippen molar-refractivity contribution < 1.29 is 14.3 Å². The molecule has 1 fully saturated rings. The first-order valence-electron chi connectivity index (χ1n) is 11.5. The summed E-state index contributed by atoms with van der Waals surface area (Å²) in [6, 6.07) is 5.77. The van der Waals surface area contributed by atoms with Gasteiger partial charge in [0, 0.05) is 57.1 Å². The number of ether oxygens (including phenoxy) is 1. The lowest BCUT2D eigenvalue weighted by atomic mass is 9.92. The van der Waals surface area contributed by atoms with Gasteiger partial charge in [0.15, 0.2) is 0 Å². The molecule has 1 saturated heterocycles. The van der Waals surface area contributed by atoms with E-state index >= 15 is 0 Å². The third-order valence-electron chi connectivity index (χ3n) is 5.11. The first kappa shape index (κ1) is 26.0. The molecule has 1 aliphatic heterocycles. The summed E-state index contributed by atoms with van der Waals surface area (Å²) in [6.07, 6.45) is 2.48. The molecule has 1 aromatic carbocycles. The van der Waals surface area contributed by atoms with Gasteiger partial charge < -0.3 is 25.2 Å². The Bertz CT molecular complexity index is 787. The summed E-state index contributed by atoms with van der Waals surface area (Å²) in [5.74, 6) is -0.0114. The highest BCUT2D eigenvalue weighted by Gasteiger charge is 2.26. The average molecular weight is 447 g/mol. The molecule has 1 aromatic rings. The number of hydrogen-bond donors (Lipinski definition) is 2. The molecule has 1 aliphatic rings. The fraction of sp³-hybridized carbons (Fsp3) is 0.680. The minimum Gasteiger partial charge on any atom is -0.377 e. The second kappa shape index (κ2) is 10.6. The van der Waals surface area contributed by atoms with Crippen LogP contribution in [-0.2, 0) is 16.1 Å². The second-order valence-electron chi connectivity index (χ2n) is 11.2. The number of rotatable bonds is 7. The summed E-state index contributed by atoms with van der Waals surface area (Å²) >= 11 is 0. The molecule has 7 heteroatoms. The maximum atomic E-state index is 13.1. The van der Waals surface area contributed by atoms with Gasteiger partial charge in [0.25, 0.3) is 0 Å². The molecule has 7 nitrogen and oxygen atoms in total. The lowest BCUT2D eigenvalue weighted by molar-refractivity contribution is -0.117. The van der Waals surface area contributed by atoms with Gasteiger partial charge in [-0.1, -0.05) is 20.8 Å². The van der Waals surface area contributed by atoms with Crippen LogP contribution < -0.4 is 15.5 Å². The lowest BCUT2D eigenvalue weighted by Gasteiger charge is -2.31. The van der Waals surface area contributed by atoms with E-state index in [1.54, 1.807) is 0 Å². The number of benzene rings is 1. The van der Waals surface area contributed by atoms with Crippen LogP contribution in [0.4, 0.5) is 16.2 Å². The molecule has 32 heavy (non-hydrogen) atoms. The number of nitrogens with one attached hydrogen (secondary N) is 2. The molecular formula is C25H42N4O3. The van der Waals surface area contributed by atoms with E-state index < -0.39 is 0 Å². The topological polar surface area (TPSA) is 73.9 Å². The summed E-state index contributed by atoms with van der Waals surface area (Å²) in [6.45, 7) is 13.8. The molecule has 1 heterocycles. The zero-order valence-electron chi connectivity index (χ0n) is 21.2. The Hall–Kier alpha value is -2.28. The van der Waals surface area contributed by atoms with Gasteiger partial charge in [0.2, 0.25) is 5.91 Å². The van der Waals surface area contributed by atoms with Gasteiger partial charge in [-0.05, 0) is 62.8 Å². The van der Waals surface area contributed by atoms with Crippen molar-refractivity contribution in [3.05, 3.63) is 23.8 Å². The maximum absolute atomic E-state index is 13.1. The zero-order chi connectivity index (χ0) is 24.1. The Morgan fingerprint density at radius 1 is 1.12 bits per heavy atom. The van der Waals surface area contributed by atoms with Gasteiger partial charge in [-0.2, -0.15) is 0 Å². The van der Waals surface area contributed by atoms with Gasteiger partial charge in [0.05, 0.1) is 6.10 Å². The van der Waals surface area contributed by atoms with E-state index in [0.29, 0.717) is 19.5 Å². The van der Waals surface area contributed by atoms with Crippen molar-refractivity contribution in [2.45, 2.75) is 79.0 Å². The third-order valence-corrected chi connectivity index (χ3v) is 5.11. The van der Waals surface area contributed by atoms with Crippen LogP contribution in [0.1, 0.15) is 66.4 Å². The van der Waals surface area contributed by atoms with Crippen molar-refractivity contribution >= 4 is 23.3 Å². The van der Waals surface area contributed by atoms with E-state index in [4.69, 9.17) is 4.74 Å². The SMILES string of the molecule is CN(C)c1ccc(NC(=O)CC(C)(C)C)cc1CN(C[C@H]1CCCO1)C(=O)NC(C)(C)C. The van der Waals surface area contributed by atoms with Gasteiger partial charge in [0.1, 0.15) is 0 Å². The summed E-state index contributed by atoms with van der Waals surface area (Å²) in [7, 11) is 3.96. The van der Waals surface area contributed by atoms with E-state index in [0.717, 1.165) is 36.4 Å². The summed E-state index contributed by atoms with van der Waals surface area (Å²) in [4.78, 5) is 29.4. The molecule has 2 N–H and O–H groups in total. The fourth-order valence-electron chi connectivity index (χ4n) is 3.77. The van der Waals surface area contributed by atoms with Crippen LogP contribution in [0.25, 0.3) is 0 Å². The standard InChI is InChI=1S/C25H42N4O3/c1-24(2,3)15-22(30)26-19-11-12-21(28(7)8)18(14-19)16-29(17-20-10-9-13-32-20)23(31)27-25(4,5)6/h11-12,14,20H,9-10,13,15-17H2,1-8H3,(H,26,30)(H,27,31)/t20-/m1/s1. The van der Waals surface area contributed by atoms with Gasteiger partial charge in [-0.15, -0.1) is 0 Å². The number of carbonyl (C=O) groups is 2. The van der Waals surface area contributed by atoms with Crippen LogP contribution in [0.3, 0.4) is 0 Å². The monoisotopic (exact) mass is 446 g/mol. The third kappa shape index (κ3) is 8.69. The minimum absolute atomic E-state index is 0.0114. The summed E-state index contributed by atoms with van der Waals surface area (Å²) in [5.41, 5.74) is 2.32. The molecule has 0 saturated carbocycles. The van der Waals surface area contributed by atoms with Crippen molar-refractivity contribution in [2.75, 3.05) is 37.5 Å². The van der Waals surface area contributed by atoms with Crippen molar-refractivity contribution in [1.29, 1.82) is 0 Å². The second-order valence-corrected chi connectivity index (χ2v) is 11.2. The fourth-order valence-corrected chi connectivity index (χ4v) is 3.77. The van der Waals surface area contributed by atoms with Crippen LogP contribution in [0.5, 0.6) is 0 Å². The van der Waals surface area contributed by atoms with E-state index in [9.17, 15) is 9.59 Å². The Balaban J connectivity index is 2.28. The highest BCUT2D eigenvalue weighted by Crippen LogP contribution is 2.27. The molecular weight excluding hydrogens is 404 g/mol. The molecule has 0 aromatic heterocycles. The number of anilines is 2. The lowest BCUT2D eigenvalue weighted by Crippen LogP contribution is -2.50. The molecule has 0 spiro atoms. The molecule has 0 radical (unpaired) electrons. The summed E-state index contributed by atoms with van der Waals surface area (Å²) < 4.78 is 5.81. The zero-order valence-corrected chi connectivity index (χ0v) is 21.2.